The minimum absolute atomic E-state index is 0.558. The van der Waals surface area contributed by atoms with Crippen LogP contribution in [0.25, 0.3) is 11.0 Å². The first-order valence-electron chi connectivity index (χ1n) is 12.9. The minimum Gasteiger partial charge on any atom is -0.477 e. The number of fused-ring (bicyclic) bond motifs is 2. The molecule has 0 radical (unpaired) electrons. The van der Waals surface area contributed by atoms with Crippen LogP contribution < -0.4 is 9.64 Å². The van der Waals surface area contributed by atoms with Crippen LogP contribution in [0.1, 0.15) is 38.2 Å². The highest BCUT2D eigenvalue weighted by atomic mass is 16.5. The molecular formula is C27H35N5O2. The van der Waals surface area contributed by atoms with Crippen LogP contribution in [0.3, 0.4) is 0 Å². The van der Waals surface area contributed by atoms with Gasteiger partial charge in [0.25, 0.3) is 0 Å². The second-order valence-corrected chi connectivity index (χ2v) is 10.3. The predicted octanol–water partition coefficient (Wildman–Crippen LogP) is 4.19. The van der Waals surface area contributed by atoms with Crippen molar-refractivity contribution in [1.82, 2.24) is 19.9 Å². The molecule has 0 aliphatic carbocycles. The van der Waals surface area contributed by atoms with Crippen LogP contribution in [0, 0.1) is 5.92 Å². The van der Waals surface area contributed by atoms with Gasteiger partial charge in [0.05, 0.1) is 12.0 Å². The van der Waals surface area contributed by atoms with Crippen LogP contribution >= 0.6 is 0 Å². The van der Waals surface area contributed by atoms with Crippen molar-refractivity contribution in [3.63, 3.8) is 0 Å². The number of piperazine rings is 1. The molecule has 7 nitrogen and oxygen atoms in total. The predicted molar refractivity (Wildman–Crippen MR) is 133 cm³/mol. The lowest BCUT2D eigenvalue weighted by Crippen LogP contribution is -2.57. The molecule has 0 saturated carbocycles. The standard InChI is InChI=1S/C27H35N5O2/c1-20-5-4-12-30(20)16-21-9-11-26(28-15-21)33-19-22-8-10-23-18-32(14-13-31(23)17-22)27-24-6-2-3-7-25(24)34-29-27/h2-3,6-7,9,11,15,20,22-23H,4-5,8,10,12-14,16-19H2,1H3/t20?,22-,23-/m1/s1. The smallest absolute Gasteiger partial charge is 0.213 e. The first-order valence-corrected chi connectivity index (χ1v) is 12.9. The Labute approximate surface area is 201 Å². The molecule has 3 aromatic rings. The number of piperidine rings is 1. The van der Waals surface area contributed by atoms with Crippen molar-refractivity contribution in [1.29, 1.82) is 0 Å². The van der Waals surface area contributed by atoms with E-state index in [0.717, 1.165) is 62.0 Å². The van der Waals surface area contributed by atoms with Gasteiger partial charge < -0.3 is 14.2 Å². The van der Waals surface area contributed by atoms with Crippen LogP contribution in [0.15, 0.2) is 47.1 Å². The SMILES string of the molecule is CC1CCCN1Cc1ccc(OC[C@@H]2CC[C@@H]3CN(c4noc5ccccc45)CCN3C2)nc1. The Balaban J connectivity index is 0.994. The summed E-state index contributed by atoms with van der Waals surface area (Å²) in [6.07, 6.45) is 7.00. The van der Waals surface area contributed by atoms with Crippen molar-refractivity contribution in [2.75, 3.05) is 44.2 Å². The molecule has 6 rings (SSSR count). The number of anilines is 1. The number of rotatable bonds is 6. The summed E-state index contributed by atoms with van der Waals surface area (Å²) in [5.74, 6) is 2.31. The van der Waals surface area contributed by atoms with E-state index < -0.39 is 0 Å². The molecule has 0 amide bonds. The van der Waals surface area contributed by atoms with Gasteiger partial charge in [-0.25, -0.2) is 4.98 Å². The highest BCUT2D eigenvalue weighted by Gasteiger charge is 2.34. The van der Waals surface area contributed by atoms with Crippen LogP contribution in [-0.2, 0) is 6.54 Å². The Morgan fingerprint density at radius 3 is 2.82 bits per heavy atom. The van der Waals surface area contributed by atoms with E-state index >= 15 is 0 Å². The van der Waals surface area contributed by atoms with Crippen molar-refractivity contribution < 1.29 is 9.26 Å². The summed E-state index contributed by atoms with van der Waals surface area (Å²) in [7, 11) is 0. The van der Waals surface area contributed by atoms with Gasteiger partial charge in [0.15, 0.2) is 11.4 Å². The molecule has 3 atom stereocenters. The van der Waals surface area contributed by atoms with Gasteiger partial charge >= 0.3 is 0 Å². The van der Waals surface area contributed by atoms with Gasteiger partial charge in [-0.15, -0.1) is 0 Å². The largest absolute Gasteiger partial charge is 0.477 e. The second kappa shape index (κ2) is 9.55. The van der Waals surface area contributed by atoms with Gasteiger partial charge in [-0.3, -0.25) is 9.80 Å². The summed E-state index contributed by atoms with van der Waals surface area (Å²) >= 11 is 0. The molecule has 1 aromatic carbocycles. The molecule has 3 aliphatic heterocycles. The molecule has 3 aliphatic rings. The van der Waals surface area contributed by atoms with Crippen molar-refractivity contribution in [3.8, 4) is 5.88 Å². The highest BCUT2D eigenvalue weighted by molar-refractivity contribution is 5.88. The van der Waals surface area contributed by atoms with Gasteiger partial charge in [-0.1, -0.05) is 23.4 Å². The molecule has 3 fully saturated rings. The zero-order chi connectivity index (χ0) is 22.9. The summed E-state index contributed by atoms with van der Waals surface area (Å²) in [6, 6.07) is 13.6. The number of pyridine rings is 1. The van der Waals surface area contributed by atoms with Crippen LogP contribution in [-0.4, -0.2) is 71.4 Å². The molecule has 1 unspecified atom stereocenters. The van der Waals surface area contributed by atoms with Crippen molar-refractivity contribution in [2.45, 2.75) is 51.2 Å². The van der Waals surface area contributed by atoms with Gasteiger partial charge in [0, 0.05) is 63.0 Å². The summed E-state index contributed by atoms with van der Waals surface area (Å²) < 4.78 is 11.7. The molecule has 7 heteroatoms. The van der Waals surface area contributed by atoms with E-state index in [1.807, 2.05) is 24.4 Å². The zero-order valence-corrected chi connectivity index (χ0v) is 20.1. The third-order valence-corrected chi connectivity index (χ3v) is 8.00. The topological polar surface area (TPSA) is 57.9 Å². The third kappa shape index (κ3) is 4.51. The van der Waals surface area contributed by atoms with Crippen molar-refractivity contribution >= 4 is 16.8 Å². The number of aromatic nitrogens is 2. The van der Waals surface area contributed by atoms with E-state index in [1.165, 1.54) is 37.8 Å². The monoisotopic (exact) mass is 461 g/mol. The van der Waals surface area contributed by atoms with E-state index in [1.54, 1.807) is 0 Å². The summed E-state index contributed by atoms with van der Waals surface area (Å²) in [6.45, 7) is 9.43. The number of hydrogen-bond acceptors (Lipinski definition) is 7. The number of benzene rings is 1. The maximum absolute atomic E-state index is 6.12. The maximum atomic E-state index is 6.12. The number of hydrogen-bond donors (Lipinski definition) is 0. The Morgan fingerprint density at radius 1 is 1.03 bits per heavy atom. The first kappa shape index (κ1) is 21.9. The van der Waals surface area contributed by atoms with E-state index in [-0.39, 0.29) is 0 Å². The number of likely N-dealkylation sites (tertiary alicyclic amines) is 1. The highest BCUT2D eigenvalue weighted by Crippen LogP contribution is 2.31. The van der Waals surface area contributed by atoms with Crippen molar-refractivity contribution in [2.24, 2.45) is 5.92 Å². The molecule has 34 heavy (non-hydrogen) atoms. The van der Waals surface area contributed by atoms with Crippen molar-refractivity contribution in [3.05, 3.63) is 48.2 Å². The lowest BCUT2D eigenvalue weighted by atomic mass is 9.91. The third-order valence-electron chi connectivity index (χ3n) is 8.00. The van der Waals surface area contributed by atoms with Crippen LogP contribution in [0.2, 0.25) is 0 Å². The molecule has 2 aromatic heterocycles. The average molecular weight is 462 g/mol. The van der Waals surface area contributed by atoms with E-state index in [9.17, 15) is 0 Å². The molecule has 0 N–H and O–H groups in total. The van der Waals surface area contributed by atoms with Gasteiger partial charge in [-0.2, -0.15) is 0 Å². The second-order valence-electron chi connectivity index (χ2n) is 10.3. The molecule has 0 bridgehead atoms. The van der Waals surface area contributed by atoms with E-state index in [0.29, 0.717) is 18.0 Å². The fourth-order valence-electron chi connectivity index (χ4n) is 5.94. The minimum atomic E-state index is 0.558. The molecule has 5 heterocycles. The fourth-order valence-corrected chi connectivity index (χ4v) is 5.94. The van der Waals surface area contributed by atoms with E-state index in [2.05, 4.69) is 50.0 Å². The lowest BCUT2D eigenvalue weighted by Gasteiger charge is -2.46. The number of para-hydroxylation sites is 1. The van der Waals surface area contributed by atoms with Gasteiger partial charge in [-0.05, 0) is 56.8 Å². The Morgan fingerprint density at radius 2 is 1.97 bits per heavy atom. The molecule has 180 valence electrons. The molecule has 3 saturated heterocycles. The summed E-state index contributed by atoms with van der Waals surface area (Å²) in [5.41, 5.74) is 2.15. The maximum Gasteiger partial charge on any atom is 0.213 e. The lowest BCUT2D eigenvalue weighted by molar-refractivity contribution is 0.0716. The van der Waals surface area contributed by atoms with Gasteiger partial charge in [0.1, 0.15) is 0 Å². The molecule has 0 spiro atoms. The number of ether oxygens (including phenoxy) is 1. The quantitative estimate of drug-likeness (QED) is 0.546. The van der Waals surface area contributed by atoms with E-state index in [4.69, 9.17) is 9.26 Å². The Kier molecular flexibility index (Phi) is 6.14. The molecular weight excluding hydrogens is 426 g/mol. The van der Waals surface area contributed by atoms with Crippen LogP contribution in [0.4, 0.5) is 5.82 Å². The normalized spacial score (nSPS) is 26.1. The van der Waals surface area contributed by atoms with Crippen LogP contribution in [0.5, 0.6) is 5.88 Å². The van der Waals surface area contributed by atoms with Gasteiger partial charge in [0.2, 0.25) is 5.88 Å². The Hall–Kier alpha value is -2.64. The fraction of sp³-hybridized carbons (Fsp3) is 0.556. The summed E-state index contributed by atoms with van der Waals surface area (Å²) in [5, 5.41) is 5.49. The summed E-state index contributed by atoms with van der Waals surface area (Å²) in [4.78, 5) is 12.2. The Bertz CT molecular complexity index is 1100. The zero-order valence-electron chi connectivity index (χ0n) is 20.1. The number of nitrogens with zero attached hydrogens (tertiary/aromatic N) is 5. The first-order chi connectivity index (χ1) is 16.7. The average Bonchev–Trinajstić information content (AvgIpc) is 3.49.